The average Bonchev–Trinajstić information content (AvgIpc) is 2.33. The Hall–Kier alpha value is -0.380. The first kappa shape index (κ1) is 16.7. The van der Waals surface area contributed by atoms with E-state index in [1.807, 2.05) is 0 Å². The van der Waals surface area contributed by atoms with Crippen molar-refractivity contribution in [2.24, 2.45) is 0 Å². The lowest BCUT2D eigenvalue weighted by Gasteiger charge is -2.28. The number of benzene rings is 1. The van der Waals surface area contributed by atoms with Crippen LogP contribution in [0.1, 0.15) is 37.0 Å². The zero-order chi connectivity index (χ0) is 14.5. The van der Waals surface area contributed by atoms with Crippen LogP contribution in [0.3, 0.4) is 0 Å². The first-order valence-corrected chi connectivity index (χ1v) is 7.64. The molecule has 0 aromatic heterocycles. The molecule has 19 heavy (non-hydrogen) atoms. The van der Waals surface area contributed by atoms with E-state index in [1.165, 1.54) is 21.2 Å². The molecule has 108 valence electrons. The predicted molar refractivity (Wildman–Crippen MR) is 86.0 cm³/mol. The number of halogens is 1. The van der Waals surface area contributed by atoms with Gasteiger partial charge in [-0.2, -0.15) is 0 Å². The third-order valence-electron chi connectivity index (χ3n) is 3.64. The van der Waals surface area contributed by atoms with Crippen molar-refractivity contribution in [2.45, 2.75) is 39.5 Å². The highest BCUT2D eigenvalue weighted by Crippen LogP contribution is 2.32. The van der Waals surface area contributed by atoms with Crippen molar-refractivity contribution in [3.8, 4) is 0 Å². The lowest BCUT2D eigenvalue weighted by Crippen LogP contribution is -2.28. The van der Waals surface area contributed by atoms with Crippen molar-refractivity contribution in [3.05, 3.63) is 33.3 Å². The van der Waals surface area contributed by atoms with Crippen molar-refractivity contribution in [1.29, 1.82) is 0 Å². The van der Waals surface area contributed by atoms with Crippen LogP contribution in [0.25, 0.3) is 0 Å². The molecule has 0 aliphatic carbocycles. The molecule has 0 atom stereocenters. The van der Waals surface area contributed by atoms with Crippen LogP contribution >= 0.6 is 15.9 Å². The zero-order valence-electron chi connectivity index (χ0n) is 12.8. The highest BCUT2D eigenvalue weighted by molar-refractivity contribution is 9.10. The van der Waals surface area contributed by atoms with Gasteiger partial charge < -0.3 is 10.1 Å². The average molecular weight is 328 g/mol. The SMILES string of the molecule is COCCNCCC(C)(C)c1cc(C)c(Br)cc1C. The molecule has 0 amide bonds. The van der Waals surface area contributed by atoms with Gasteiger partial charge in [0.05, 0.1) is 6.61 Å². The monoisotopic (exact) mass is 327 g/mol. The Morgan fingerprint density at radius 1 is 1.16 bits per heavy atom. The minimum atomic E-state index is 0.190. The Bertz CT molecular complexity index is 415. The van der Waals surface area contributed by atoms with Gasteiger partial charge in [-0.15, -0.1) is 0 Å². The Morgan fingerprint density at radius 3 is 2.47 bits per heavy atom. The molecule has 1 aromatic rings. The molecule has 0 aliphatic rings. The molecule has 0 bridgehead atoms. The summed E-state index contributed by atoms with van der Waals surface area (Å²) in [5.41, 5.74) is 4.30. The maximum absolute atomic E-state index is 5.04. The predicted octanol–water partition coefficient (Wildman–Crippen LogP) is 3.97. The maximum Gasteiger partial charge on any atom is 0.0587 e. The van der Waals surface area contributed by atoms with Gasteiger partial charge in [-0.25, -0.2) is 0 Å². The maximum atomic E-state index is 5.04. The summed E-state index contributed by atoms with van der Waals surface area (Å²) in [6, 6.07) is 4.54. The van der Waals surface area contributed by atoms with E-state index in [1.54, 1.807) is 7.11 Å². The van der Waals surface area contributed by atoms with E-state index in [9.17, 15) is 0 Å². The molecule has 0 saturated heterocycles. The Morgan fingerprint density at radius 2 is 1.84 bits per heavy atom. The molecular formula is C16H26BrNO. The van der Waals surface area contributed by atoms with Gasteiger partial charge in [0, 0.05) is 18.1 Å². The van der Waals surface area contributed by atoms with Crippen LogP contribution < -0.4 is 5.32 Å². The molecule has 1 aromatic carbocycles. The molecule has 0 radical (unpaired) electrons. The second-order valence-electron chi connectivity index (χ2n) is 5.79. The van der Waals surface area contributed by atoms with E-state index in [-0.39, 0.29) is 5.41 Å². The van der Waals surface area contributed by atoms with Crippen LogP contribution in [0.2, 0.25) is 0 Å². The highest BCUT2D eigenvalue weighted by Gasteiger charge is 2.22. The molecule has 0 spiro atoms. The molecule has 0 aliphatic heterocycles. The van der Waals surface area contributed by atoms with Crippen LogP contribution in [0.5, 0.6) is 0 Å². The van der Waals surface area contributed by atoms with Crippen LogP contribution in [0.4, 0.5) is 0 Å². The smallest absolute Gasteiger partial charge is 0.0587 e. The summed E-state index contributed by atoms with van der Waals surface area (Å²) in [5.74, 6) is 0. The lowest BCUT2D eigenvalue weighted by atomic mass is 9.78. The van der Waals surface area contributed by atoms with Crippen molar-refractivity contribution < 1.29 is 4.74 Å². The first-order chi connectivity index (χ1) is 8.88. The summed E-state index contributed by atoms with van der Waals surface area (Å²) in [6.07, 6.45) is 1.12. The molecule has 1 N–H and O–H groups in total. The fourth-order valence-electron chi connectivity index (χ4n) is 2.34. The summed E-state index contributed by atoms with van der Waals surface area (Å²) in [7, 11) is 1.74. The van der Waals surface area contributed by atoms with Crippen molar-refractivity contribution in [3.63, 3.8) is 0 Å². The van der Waals surface area contributed by atoms with Crippen molar-refractivity contribution in [1.82, 2.24) is 5.32 Å². The van der Waals surface area contributed by atoms with Gasteiger partial charge in [0.1, 0.15) is 0 Å². The van der Waals surface area contributed by atoms with E-state index >= 15 is 0 Å². The third-order valence-corrected chi connectivity index (χ3v) is 4.50. The van der Waals surface area contributed by atoms with Gasteiger partial charge in [-0.3, -0.25) is 0 Å². The molecular weight excluding hydrogens is 302 g/mol. The summed E-state index contributed by atoms with van der Waals surface area (Å²) in [5, 5.41) is 3.42. The largest absolute Gasteiger partial charge is 0.383 e. The number of rotatable bonds is 7. The Balaban J connectivity index is 2.68. The van der Waals surface area contributed by atoms with E-state index in [4.69, 9.17) is 4.74 Å². The number of aryl methyl sites for hydroxylation is 2. The van der Waals surface area contributed by atoms with Crippen molar-refractivity contribution >= 4 is 15.9 Å². The van der Waals surface area contributed by atoms with Gasteiger partial charge in [0.2, 0.25) is 0 Å². The van der Waals surface area contributed by atoms with Crippen LogP contribution in [0.15, 0.2) is 16.6 Å². The topological polar surface area (TPSA) is 21.3 Å². The summed E-state index contributed by atoms with van der Waals surface area (Å²) in [6.45, 7) is 11.7. The molecule has 0 fully saturated rings. The fraction of sp³-hybridized carbons (Fsp3) is 0.625. The highest BCUT2D eigenvalue weighted by atomic mass is 79.9. The van der Waals surface area contributed by atoms with E-state index in [2.05, 4.69) is 61.1 Å². The number of hydrogen-bond donors (Lipinski definition) is 1. The molecule has 0 unspecified atom stereocenters. The first-order valence-electron chi connectivity index (χ1n) is 6.85. The van der Waals surface area contributed by atoms with Crippen molar-refractivity contribution in [2.75, 3.05) is 26.8 Å². The molecule has 3 heteroatoms. The van der Waals surface area contributed by atoms with E-state index < -0.39 is 0 Å². The van der Waals surface area contributed by atoms with Crippen LogP contribution in [0, 0.1) is 13.8 Å². The Labute approximate surface area is 126 Å². The molecule has 2 nitrogen and oxygen atoms in total. The Kier molecular flexibility index (Phi) is 6.51. The normalized spacial score (nSPS) is 11.9. The number of ether oxygens (including phenoxy) is 1. The third kappa shape index (κ3) is 4.90. The summed E-state index contributed by atoms with van der Waals surface area (Å²) in [4.78, 5) is 0. The zero-order valence-corrected chi connectivity index (χ0v) is 14.4. The molecule has 0 heterocycles. The minimum Gasteiger partial charge on any atom is -0.383 e. The van der Waals surface area contributed by atoms with Gasteiger partial charge in [-0.1, -0.05) is 35.8 Å². The summed E-state index contributed by atoms with van der Waals surface area (Å²) >= 11 is 3.60. The van der Waals surface area contributed by atoms with Gasteiger partial charge in [0.15, 0.2) is 0 Å². The quantitative estimate of drug-likeness (QED) is 0.765. The number of nitrogens with one attached hydrogen (secondary N) is 1. The van der Waals surface area contributed by atoms with Gasteiger partial charge in [-0.05, 0) is 55.0 Å². The van der Waals surface area contributed by atoms with E-state index in [0.29, 0.717) is 0 Å². The van der Waals surface area contributed by atoms with E-state index in [0.717, 1.165) is 26.1 Å². The summed E-state index contributed by atoms with van der Waals surface area (Å²) < 4.78 is 6.24. The lowest BCUT2D eigenvalue weighted by molar-refractivity contribution is 0.198. The van der Waals surface area contributed by atoms with Crippen LogP contribution in [-0.4, -0.2) is 26.8 Å². The van der Waals surface area contributed by atoms with Crippen LogP contribution in [-0.2, 0) is 10.2 Å². The minimum absolute atomic E-state index is 0.190. The standard InChI is InChI=1S/C16H26BrNO/c1-12-11-15(17)13(2)10-14(12)16(3,4)6-7-18-8-9-19-5/h10-11,18H,6-9H2,1-5H3. The molecule has 1 rings (SSSR count). The second-order valence-corrected chi connectivity index (χ2v) is 6.65. The van der Waals surface area contributed by atoms with Gasteiger partial charge >= 0.3 is 0 Å². The second kappa shape index (κ2) is 7.41. The number of methoxy groups -OCH3 is 1. The molecule has 0 saturated carbocycles. The van der Waals surface area contributed by atoms with Gasteiger partial charge in [0.25, 0.3) is 0 Å². The fourth-order valence-corrected chi connectivity index (χ4v) is 2.80. The number of hydrogen-bond acceptors (Lipinski definition) is 2.